The molecule has 1 spiro atoms. The molecule has 0 aromatic heterocycles. The van der Waals surface area contributed by atoms with E-state index < -0.39 is 0 Å². The van der Waals surface area contributed by atoms with E-state index in [1.54, 1.807) is 12.1 Å². The summed E-state index contributed by atoms with van der Waals surface area (Å²) in [7, 11) is 0. The predicted octanol–water partition coefficient (Wildman–Crippen LogP) is 3.69. The maximum atomic E-state index is 14.3. The molecule has 1 nitrogen and oxygen atoms in total. The van der Waals surface area contributed by atoms with E-state index in [4.69, 9.17) is 0 Å². The van der Waals surface area contributed by atoms with Crippen molar-refractivity contribution in [1.29, 1.82) is 0 Å². The highest BCUT2D eigenvalue weighted by atomic mass is 19.1. The molecule has 1 atom stereocenters. The van der Waals surface area contributed by atoms with Gasteiger partial charge in [-0.15, -0.1) is 0 Å². The SMILES string of the molecule is Fc1ccccc1C1CNCCC12Cc1ccccc1C2. The van der Waals surface area contributed by atoms with Crippen molar-refractivity contribution < 1.29 is 4.39 Å². The molecule has 1 saturated heterocycles. The number of nitrogens with one attached hydrogen (secondary N) is 1. The van der Waals surface area contributed by atoms with E-state index >= 15 is 0 Å². The van der Waals surface area contributed by atoms with Gasteiger partial charge < -0.3 is 5.32 Å². The summed E-state index contributed by atoms with van der Waals surface area (Å²) in [5.41, 5.74) is 4.00. The zero-order valence-corrected chi connectivity index (χ0v) is 12.1. The summed E-state index contributed by atoms with van der Waals surface area (Å²) in [5, 5.41) is 3.47. The lowest BCUT2D eigenvalue weighted by atomic mass is 9.66. The molecule has 2 heteroatoms. The van der Waals surface area contributed by atoms with Gasteiger partial charge >= 0.3 is 0 Å². The molecule has 1 aliphatic carbocycles. The zero-order valence-electron chi connectivity index (χ0n) is 12.1. The molecule has 1 N–H and O–H groups in total. The van der Waals surface area contributed by atoms with Crippen molar-refractivity contribution in [3.63, 3.8) is 0 Å². The molecule has 1 heterocycles. The van der Waals surface area contributed by atoms with Gasteiger partial charge in [-0.05, 0) is 54.0 Å². The second-order valence-corrected chi connectivity index (χ2v) is 6.51. The van der Waals surface area contributed by atoms with Gasteiger partial charge in [-0.3, -0.25) is 0 Å². The van der Waals surface area contributed by atoms with Gasteiger partial charge in [0, 0.05) is 12.5 Å². The quantitative estimate of drug-likeness (QED) is 0.840. The van der Waals surface area contributed by atoms with Crippen LogP contribution in [0.2, 0.25) is 0 Å². The normalized spacial score (nSPS) is 23.2. The zero-order chi connectivity index (χ0) is 14.3. The predicted molar refractivity (Wildman–Crippen MR) is 82.9 cm³/mol. The summed E-state index contributed by atoms with van der Waals surface area (Å²) in [4.78, 5) is 0. The van der Waals surface area contributed by atoms with Crippen molar-refractivity contribution in [2.24, 2.45) is 5.41 Å². The van der Waals surface area contributed by atoms with Gasteiger partial charge in [-0.25, -0.2) is 4.39 Å². The van der Waals surface area contributed by atoms with Crippen LogP contribution >= 0.6 is 0 Å². The van der Waals surface area contributed by atoms with Crippen LogP contribution in [0.1, 0.15) is 29.0 Å². The van der Waals surface area contributed by atoms with Crippen LogP contribution in [0.15, 0.2) is 48.5 Å². The third-order valence-corrected chi connectivity index (χ3v) is 5.37. The Bertz CT molecular complexity index is 639. The molecule has 1 unspecified atom stereocenters. The Hall–Kier alpha value is -1.67. The maximum absolute atomic E-state index is 14.3. The van der Waals surface area contributed by atoms with Gasteiger partial charge in [0.1, 0.15) is 5.82 Å². The van der Waals surface area contributed by atoms with Gasteiger partial charge in [0.05, 0.1) is 0 Å². The van der Waals surface area contributed by atoms with Crippen LogP contribution in [0.3, 0.4) is 0 Å². The van der Waals surface area contributed by atoms with E-state index in [-0.39, 0.29) is 17.2 Å². The standard InChI is InChI=1S/C19H20FN/c20-18-8-4-3-7-16(18)17-13-21-10-9-19(17)11-14-5-1-2-6-15(14)12-19/h1-8,17,21H,9-13H2. The third kappa shape index (κ3) is 2.09. The van der Waals surface area contributed by atoms with Gasteiger partial charge in [-0.2, -0.15) is 0 Å². The molecule has 0 amide bonds. The molecular formula is C19H20FN. The highest BCUT2D eigenvalue weighted by Gasteiger charge is 2.46. The first-order valence-corrected chi connectivity index (χ1v) is 7.80. The maximum Gasteiger partial charge on any atom is 0.126 e. The van der Waals surface area contributed by atoms with Crippen molar-refractivity contribution >= 4 is 0 Å². The fourth-order valence-electron chi connectivity index (χ4n) is 4.32. The molecule has 1 fully saturated rings. The van der Waals surface area contributed by atoms with Gasteiger partial charge in [0.15, 0.2) is 0 Å². The molecule has 0 bridgehead atoms. The first kappa shape index (κ1) is 13.0. The number of hydrogen-bond acceptors (Lipinski definition) is 1. The minimum atomic E-state index is -0.0541. The lowest BCUT2D eigenvalue weighted by Crippen LogP contribution is -2.44. The van der Waals surface area contributed by atoms with Crippen molar-refractivity contribution in [1.82, 2.24) is 5.32 Å². The first-order valence-electron chi connectivity index (χ1n) is 7.80. The molecule has 108 valence electrons. The highest BCUT2D eigenvalue weighted by Crippen LogP contribution is 2.50. The number of rotatable bonds is 1. The molecule has 2 aromatic carbocycles. The number of fused-ring (bicyclic) bond motifs is 1. The van der Waals surface area contributed by atoms with Crippen molar-refractivity contribution in [2.45, 2.75) is 25.2 Å². The van der Waals surface area contributed by atoms with Crippen LogP contribution in [-0.2, 0) is 12.8 Å². The fourth-order valence-corrected chi connectivity index (χ4v) is 4.32. The van der Waals surface area contributed by atoms with E-state index in [0.29, 0.717) is 0 Å². The Morgan fingerprint density at radius 3 is 2.33 bits per heavy atom. The third-order valence-electron chi connectivity index (χ3n) is 5.37. The van der Waals surface area contributed by atoms with Crippen LogP contribution in [0.4, 0.5) is 4.39 Å². The van der Waals surface area contributed by atoms with E-state index in [0.717, 1.165) is 37.9 Å². The van der Waals surface area contributed by atoms with E-state index in [1.165, 1.54) is 11.1 Å². The van der Waals surface area contributed by atoms with Crippen molar-refractivity contribution in [2.75, 3.05) is 13.1 Å². The van der Waals surface area contributed by atoms with Crippen LogP contribution in [0.25, 0.3) is 0 Å². The second-order valence-electron chi connectivity index (χ2n) is 6.51. The summed E-state index contributed by atoms with van der Waals surface area (Å²) in [6, 6.07) is 16.0. The summed E-state index contributed by atoms with van der Waals surface area (Å²) in [5.74, 6) is 0.210. The average Bonchev–Trinajstić information content (AvgIpc) is 2.87. The van der Waals surface area contributed by atoms with Crippen LogP contribution in [0.5, 0.6) is 0 Å². The molecule has 21 heavy (non-hydrogen) atoms. The number of piperidine rings is 1. The number of benzene rings is 2. The largest absolute Gasteiger partial charge is 0.316 e. The summed E-state index contributed by atoms with van der Waals surface area (Å²) in [6.45, 7) is 1.92. The van der Waals surface area contributed by atoms with Crippen molar-refractivity contribution in [3.8, 4) is 0 Å². The van der Waals surface area contributed by atoms with Gasteiger partial charge in [-0.1, -0.05) is 42.5 Å². The molecule has 0 saturated carbocycles. The average molecular weight is 281 g/mol. The van der Waals surface area contributed by atoms with E-state index in [9.17, 15) is 4.39 Å². The first-order chi connectivity index (χ1) is 10.3. The number of halogens is 1. The van der Waals surface area contributed by atoms with E-state index in [2.05, 4.69) is 29.6 Å². The van der Waals surface area contributed by atoms with Gasteiger partial charge in [0.25, 0.3) is 0 Å². The lowest BCUT2D eigenvalue weighted by molar-refractivity contribution is 0.172. The van der Waals surface area contributed by atoms with Crippen molar-refractivity contribution in [3.05, 3.63) is 71.0 Å². The van der Waals surface area contributed by atoms with Crippen LogP contribution < -0.4 is 5.32 Å². The Labute approximate surface area is 125 Å². The minimum Gasteiger partial charge on any atom is -0.316 e. The molecule has 0 radical (unpaired) electrons. The van der Waals surface area contributed by atoms with Crippen LogP contribution in [-0.4, -0.2) is 13.1 Å². The Morgan fingerprint density at radius 2 is 1.62 bits per heavy atom. The second kappa shape index (κ2) is 4.96. The lowest BCUT2D eigenvalue weighted by Gasteiger charge is -2.42. The smallest absolute Gasteiger partial charge is 0.126 e. The summed E-state index contributed by atoms with van der Waals surface area (Å²) >= 11 is 0. The van der Waals surface area contributed by atoms with Gasteiger partial charge in [0.2, 0.25) is 0 Å². The highest BCUT2D eigenvalue weighted by molar-refractivity contribution is 5.38. The molecule has 1 aliphatic heterocycles. The topological polar surface area (TPSA) is 12.0 Å². The Kier molecular flexibility index (Phi) is 3.07. The summed E-state index contributed by atoms with van der Waals surface area (Å²) < 4.78 is 14.3. The Balaban J connectivity index is 1.75. The molecule has 4 rings (SSSR count). The minimum absolute atomic E-state index is 0.0541. The fraction of sp³-hybridized carbons (Fsp3) is 0.368. The van der Waals surface area contributed by atoms with E-state index in [1.807, 2.05) is 12.1 Å². The monoisotopic (exact) mass is 281 g/mol. The molecule has 2 aromatic rings. The molecule has 2 aliphatic rings. The number of hydrogen-bond donors (Lipinski definition) is 1. The Morgan fingerprint density at radius 1 is 0.952 bits per heavy atom. The molecular weight excluding hydrogens is 261 g/mol. The van der Waals surface area contributed by atoms with Crippen LogP contribution in [0, 0.1) is 11.2 Å². The summed E-state index contributed by atoms with van der Waals surface area (Å²) in [6.07, 6.45) is 3.30.